The van der Waals surface area contributed by atoms with Gasteiger partial charge in [-0.2, -0.15) is 0 Å². The van der Waals surface area contributed by atoms with Crippen molar-refractivity contribution in [1.82, 2.24) is 14.5 Å². The molecule has 6 nitrogen and oxygen atoms in total. The molecule has 3 aromatic rings. The van der Waals surface area contributed by atoms with E-state index in [1.807, 2.05) is 37.1 Å². The van der Waals surface area contributed by atoms with Crippen LogP contribution in [-0.2, 0) is 5.54 Å². The SMILES string of the molecule is CCN1c2cccnc2-n2cccc2[C@@]12CCN(C(=O)c1cc(C)c(C)o1)C2. The Kier molecular flexibility index (Phi) is 3.66. The van der Waals surface area contributed by atoms with Crippen molar-refractivity contribution in [3.05, 3.63) is 65.5 Å². The Hall–Kier alpha value is -3.02. The van der Waals surface area contributed by atoms with Crippen LogP contribution in [0.3, 0.4) is 0 Å². The van der Waals surface area contributed by atoms with Crippen molar-refractivity contribution in [1.29, 1.82) is 0 Å². The molecule has 1 spiro atoms. The first kappa shape index (κ1) is 17.1. The third kappa shape index (κ3) is 2.20. The van der Waals surface area contributed by atoms with Crippen LogP contribution in [0.1, 0.15) is 40.9 Å². The topological polar surface area (TPSA) is 54.5 Å². The van der Waals surface area contributed by atoms with Gasteiger partial charge in [0.1, 0.15) is 11.3 Å². The first-order valence-electron chi connectivity index (χ1n) is 9.82. The molecule has 144 valence electrons. The van der Waals surface area contributed by atoms with E-state index in [1.165, 1.54) is 5.69 Å². The van der Waals surface area contributed by atoms with Crippen molar-refractivity contribution >= 4 is 11.6 Å². The minimum atomic E-state index is -0.249. The third-order valence-corrected chi connectivity index (χ3v) is 6.26. The number of likely N-dealkylation sites (tertiary alicyclic amines) is 1. The van der Waals surface area contributed by atoms with Gasteiger partial charge in [0.2, 0.25) is 0 Å². The fourth-order valence-corrected chi connectivity index (χ4v) is 4.80. The molecule has 0 N–H and O–H groups in total. The minimum Gasteiger partial charge on any atom is -0.456 e. The van der Waals surface area contributed by atoms with Crippen LogP contribution >= 0.6 is 0 Å². The summed E-state index contributed by atoms with van der Waals surface area (Å²) in [6.45, 7) is 8.23. The summed E-state index contributed by atoms with van der Waals surface area (Å²) >= 11 is 0. The van der Waals surface area contributed by atoms with Gasteiger partial charge in [-0.05, 0) is 63.1 Å². The van der Waals surface area contributed by atoms with Crippen molar-refractivity contribution in [2.24, 2.45) is 0 Å². The van der Waals surface area contributed by atoms with Crippen LogP contribution in [-0.4, -0.2) is 40.0 Å². The van der Waals surface area contributed by atoms with Crippen LogP contribution in [0.15, 0.2) is 47.1 Å². The van der Waals surface area contributed by atoms with Crippen LogP contribution in [0.25, 0.3) is 5.82 Å². The molecule has 0 bridgehead atoms. The molecule has 1 amide bonds. The van der Waals surface area contributed by atoms with Crippen molar-refractivity contribution < 1.29 is 9.21 Å². The Balaban J connectivity index is 1.56. The summed E-state index contributed by atoms with van der Waals surface area (Å²) in [5.41, 5.74) is 3.08. The van der Waals surface area contributed by atoms with Crippen LogP contribution in [0, 0.1) is 13.8 Å². The minimum absolute atomic E-state index is 0.0285. The number of likely N-dealkylation sites (N-methyl/N-ethyl adjacent to an activating group) is 1. The molecule has 1 saturated heterocycles. The third-order valence-electron chi connectivity index (χ3n) is 6.26. The van der Waals surface area contributed by atoms with Crippen molar-refractivity contribution in [2.45, 2.75) is 32.7 Å². The smallest absolute Gasteiger partial charge is 0.289 e. The molecule has 1 fully saturated rings. The Labute approximate surface area is 164 Å². The molecule has 28 heavy (non-hydrogen) atoms. The number of rotatable bonds is 2. The first-order chi connectivity index (χ1) is 13.5. The lowest BCUT2D eigenvalue weighted by atomic mass is 9.89. The summed E-state index contributed by atoms with van der Waals surface area (Å²) in [7, 11) is 0. The number of aromatic nitrogens is 2. The number of furan rings is 1. The fourth-order valence-electron chi connectivity index (χ4n) is 4.80. The number of hydrogen-bond donors (Lipinski definition) is 0. The van der Waals surface area contributed by atoms with Crippen molar-refractivity contribution in [3.8, 4) is 5.82 Å². The van der Waals surface area contributed by atoms with Crippen LogP contribution in [0.4, 0.5) is 5.69 Å². The van der Waals surface area contributed by atoms with Gasteiger partial charge in [0.25, 0.3) is 5.91 Å². The van der Waals surface area contributed by atoms with E-state index < -0.39 is 0 Å². The Bertz CT molecular complexity index is 1050. The number of carbonyl (C=O) groups excluding carboxylic acids is 1. The molecule has 2 aliphatic heterocycles. The predicted octanol–water partition coefficient (Wildman–Crippen LogP) is 3.66. The van der Waals surface area contributed by atoms with E-state index in [1.54, 1.807) is 0 Å². The Morgan fingerprint density at radius 2 is 2.14 bits per heavy atom. The maximum absolute atomic E-state index is 13.1. The van der Waals surface area contributed by atoms with Crippen molar-refractivity contribution in [3.63, 3.8) is 0 Å². The summed E-state index contributed by atoms with van der Waals surface area (Å²) in [5.74, 6) is 2.17. The zero-order valence-electron chi connectivity index (χ0n) is 16.5. The average Bonchev–Trinajstić information content (AvgIpc) is 3.42. The largest absolute Gasteiger partial charge is 0.456 e. The van der Waals surface area contributed by atoms with E-state index in [0.29, 0.717) is 18.8 Å². The van der Waals surface area contributed by atoms with Gasteiger partial charge in [-0.25, -0.2) is 4.98 Å². The number of nitrogens with zero attached hydrogens (tertiary/aromatic N) is 4. The number of carbonyl (C=O) groups is 1. The van der Waals surface area contributed by atoms with Gasteiger partial charge in [0.15, 0.2) is 11.6 Å². The normalized spacial score (nSPS) is 20.5. The van der Waals surface area contributed by atoms with Gasteiger partial charge >= 0.3 is 0 Å². The summed E-state index contributed by atoms with van der Waals surface area (Å²) in [4.78, 5) is 22.1. The number of pyridine rings is 1. The standard InChI is InChI=1S/C22H24N4O2/c1-4-26-17-7-5-10-23-20(17)25-11-6-8-19(25)22(26)9-12-24(14-22)21(27)18-13-15(2)16(3)28-18/h5-8,10-11,13H,4,9,12,14H2,1-3H3/t22-/m0/s1. The van der Waals surface area contributed by atoms with E-state index >= 15 is 0 Å². The summed E-state index contributed by atoms with van der Waals surface area (Å²) in [6.07, 6.45) is 4.78. The quantitative estimate of drug-likeness (QED) is 0.685. The second kappa shape index (κ2) is 5.99. The number of hydrogen-bond acceptors (Lipinski definition) is 4. The molecular formula is C22H24N4O2. The van der Waals surface area contributed by atoms with Gasteiger partial charge in [0, 0.05) is 25.5 Å². The van der Waals surface area contributed by atoms with Gasteiger partial charge in [-0.1, -0.05) is 0 Å². The monoisotopic (exact) mass is 376 g/mol. The molecule has 0 aromatic carbocycles. The predicted molar refractivity (Wildman–Crippen MR) is 107 cm³/mol. The summed E-state index contributed by atoms with van der Waals surface area (Å²) in [6, 6.07) is 10.2. The maximum Gasteiger partial charge on any atom is 0.289 e. The Morgan fingerprint density at radius 1 is 1.29 bits per heavy atom. The van der Waals surface area contributed by atoms with Gasteiger partial charge in [-0.15, -0.1) is 0 Å². The highest BCUT2D eigenvalue weighted by Crippen LogP contribution is 2.46. The van der Waals surface area contributed by atoms with E-state index in [0.717, 1.165) is 35.8 Å². The molecule has 3 aromatic heterocycles. The second-order valence-electron chi connectivity index (χ2n) is 7.71. The van der Waals surface area contributed by atoms with Gasteiger partial charge in [-0.3, -0.25) is 4.79 Å². The van der Waals surface area contributed by atoms with E-state index in [2.05, 4.69) is 45.8 Å². The van der Waals surface area contributed by atoms with E-state index in [9.17, 15) is 4.79 Å². The van der Waals surface area contributed by atoms with Gasteiger partial charge in [0.05, 0.1) is 17.9 Å². The van der Waals surface area contributed by atoms with Crippen LogP contribution < -0.4 is 4.90 Å². The van der Waals surface area contributed by atoms with Gasteiger partial charge < -0.3 is 18.8 Å². The van der Waals surface area contributed by atoms with Crippen molar-refractivity contribution in [2.75, 3.05) is 24.5 Å². The lowest BCUT2D eigenvalue weighted by Gasteiger charge is -2.46. The number of amides is 1. The molecule has 0 radical (unpaired) electrons. The molecule has 5 heterocycles. The second-order valence-corrected chi connectivity index (χ2v) is 7.71. The van der Waals surface area contributed by atoms with E-state index in [4.69, 9.17) is 4.42 Å². The molecule has 0 aliphatic carbocycles. The Morgan fingerprint density at radius 3 is 2.89 bits per heavy atom. The zero-order valence-corrected chi connectivity index (χ0v) is 16.5. The highest BCUT2D eigenvalue weighted by Gasteiger charge is 2.50. The molecule has 0 unspecified atom stereocenters. The average molecular weight is 376 g/mol. The maximum atomic E-state index is 13.1. The van der Waals surface area contributed by atoms with Crippen LogP contribution in [0.2, 0.25) is 0 Å². The molecule has 6 heteroatoms. The number of aryl methyl sites for hydroxylation is 2. The highest BCUT2D eigenvalue weighted by atomic mass is 16.4. The molecule has 2 aliphatic rings. The van der Waals surface area contributed by atoms with E-state index in [-0.39, 0.29) is 11.4 Å². The number of fused-ring (bicyclic) bond motifs is 4. The lowest BCUT2D eigenvalue weighted by molar-refractivity contribution is 0.0749. The zero-order chi connectivity index (χ0) is 19.5. The fraction of sp³-hybridized carbons (Fsp3) is 0.364. The first-order valence-corrected chi connectivity index (χ1v) is 9.82. The summed E-state index contributed by atoms with van der Waals surface area (Å²) < 4.78 is 7.89. The summed E-state index contributed by atoms with van der Waals surface area (Å²) in [5, 5.41) is 0. The number of anilines is 1. The molecule has 5 rings (SSSR count). The van der Waals surface area contributed by atoms with Crippen LogP contribution in [0.5, 0.6) is 0 Å². The molecule has 1 atom stereocenters. The molecular weight excluding hydrogens is 352 g/mol. The molecule has 0 saturated carbocycles. The lowest BCUT2D eigenvalue weighted by Crippen LogP contribution is -2.52. The highest BCUT2D eigenvalue weighted by molar-refractivity contribution is 5.92.